The first kappa shape index (κ1) is 12.4. The summed E-state index contributed by atoms with van der Waals surface area (Å²) < 4.78 is 0. The predicted molar refractivity (Wildman–Crippen MR) is 59.8 cm³/mol. The topological polar surface area (TPSA) is 84.4 Å². The SMILES string of the molecule is CC(C)(CN1CCCC(N)C1)C(=O)NN. The summed E-state index contributed by atoms with van der Waals surface area (Å²) in [5.41, 5.74) is 7.64. The maximum Gasteiger partial charge on any atom is 0.240 e. The fraction of sp³-hybridized carbons (Fsp3) is 0.900. The van der Waals surface area contributed by atoms with Gasteiger partial charge in [-0.05, 0) is 33.2 Å². The van der Waals surface area contributed by atoms with Crippen molar-refractivity contribution in [1.29, 1.82) is 0 Å². The van der Waals surface area contributed by atoms with E-state index >= 15 is 0 Å². The van der Waals surface area contributed by atoms with Crippen LogP contribution >= 0.6 is 0 Å². The monoisotopic (exact) mass is 214 g/mol. The minimum absolute atomic E-state index is 0.123. The quantitative estimate of drug-likeness (QED) is 0.333. The van der Waals surface area contributed by atoms with E-state index in [0.717, 1.165) is 25.9 Å². The van der Waals surface area contributed by atoms with Crippen molar-refractivity contribution in [3.63, 3.8) is 0 Å². The first-order chi connectivity index (χ1) is 6.95. The Labute approximate surface area is 91.1 Å². The van der Waals surface area contributed by atoms with Crippen molar-refractivity contribution in [2.45, 2.75) is 32.7 Å². The van der Waals surface area contributed by atoms with Crippen molar-refractivity contribution in [1.82, 2.24) is 10.3 Å². The summed E-state index contributed by atoms with van der Waals surface area (Å²) in [5.74, 6) is 5.02. The Hall–Kier alpha value is -0.650. The summed E-state index contributed by atoms with van der Waals surface area (Å²) >= 11 is 0. The number of carbonyl (C=O) groups is 1. The molecule has 1 aliphatic rings. The van der Waals surface area contributed by atoms with Crippen LogP contribution in [0, 0.1) is 5.41 Å². The molecule has 0 bridgehead atoms. The average molecular weight is 214 g/mol. The van der Waals surface area contributed by atoms with E-state index in [1.807, 2.05) is 13.8 Å². The van der Waals surface area contributed by atoms with E-state index < -0.39 is 5.41 Å². The Balaban J connectivity index is 2.49. The Morgan fingerprint density at radius 3 is 2.80 bits per heavy atom. The second-order valence-electron chi connectivity index (χ2n) is 4.99. The molecule has 5 nitrogen and oxygen atoms in total. The summed E-state index contributed by atoms with van der Waals surface area (Å²) in [5, 5.41) is 0. The van der Waals surface area contributed by atoms with E-state index in [1.165, 1.54) is 0 Å². The number of nitrogens with two attached hydrogens (primary N) is 2. The second kappa shape index (κ2) is 4.92. The molecule has 1 heterocycles. The van der Waals surface area contributed by atoms with Gasteiger partial charge in [0.2, 0.25) is 5.91 Å². The van der Waals surface area contributed by atoms with E-state index in [-0.39, 0.29) is 11.9 Å². The molecule has 5 heteroatoms. The third-order valence-electron chi connectivity index (χ3n) is 2.91. The molecule has 0 aromatic heterocycles. The number of rotatable bonds is 3. The van der Waals surface area contributed by atoms with Gasteiger partial charge < -0.3 is 10.6 Å². The van der Waals surface area contributed by atoms with Gasteiger partial charge in [0.15, 0.2) is 0 Å². The number of hydrogen-bond donors (Lipinski definition) is 3. The molecule has 1 rings (SSSR count). The number of amides is 1. The zero-order valence-electron chi connectivity index (χ0n) is 9.62. The third-order valence-corrected chi connectivity index (χ3v) is 2.91. The van der Waals surface area contributed by atoms with Gasteiger partial charge in [-0.25, -0.2) is 5.84 Å². The van der Waals surface area contributed by atoms with Crippen LogP contribution in [0.3, 0.4) is 0 Å². The van der Waals surface area contributed by atoms with Gasteiger partial charge in [-0.2, -0.15) is 0 Å². The van der Waals surface area contributed by atoms with E-state index in [4.69, 9.17) is 11.6 Å². The van der Waals surface area contributed by atoms with Gasteiger partial charge in [0, 0.05) is 19.1 Å². The summed E-state index contributed by atoms with van der Waals surface area (Å²) in [6.45, 7) is 6.41. The third kappa shape index (κ3) is 3.44. The number of nitrogens with one attached hydrogen (secondary N) is 1. The molecule has 0 radical (unpaired) electrons. The van der Waals surface area contributed by atoms with Crippen LogP contribution in [0.4, 0.5) is 0 Å². The fourth-order valence-corrected chi connectivity index (χ4v) is 2.06. The van der Waals surface area contributed by atoms with Crippen LogP contribution in [0.25, 0.3) is 0 Å². The maximum absolute atomic E-state index is 11.5. The number of carbonyl (C=O) groups excluding carboxylic acids is 1. The molecule has 0 saturated carbocycles. The Kier molecular flexibility index (Phi) is 4.07. The van der Waals surface area contributed by atoms with Crippen LogP contribution in [-0.4, -0.2) is 36.5 Å². The number of hydrogen-bond acceptors (Lipinski definition) is 4. The Morgan fingerprint density at radius 1 is 1.60 bits per heavy atom. The van der Waals surface area contributed by atoms with Crippen molar-refractivity contribution < 1.29 is 4.79 Å². The number of likely N-dealkylation sites (tertiary alicyclic amines) is 1. The molecule has 1 saturated heterocycles. The van der Waals surface area contributed by atoms with E-state index in [1.54, 1.807) is 0 Å². The lowest BCUT2D eigenvalue weighted by molar-refractivity contribution is -0.130. The van der Waals surface area contributed by atoms with Crippen LogP contribution < -0.4 is 17.0 Å². The molecule has 1 aliphatic heterocycles. The standard InChI is InChI=1S/C10H22N4O/c1-10(2,9(15)13-12)7-14-5-3-4-8(11)6-14/h8H,3-7,11-12H2,1-2H3,(H,13,15). The molecule has 5 N–H and O–H groups in total. The van der Waals surface area contributed by atoms with Crippen molar-refractivity contribution in [2.24, 2.45) is 17.0 Å². The molecular formula is C10H22N4O. The zero-order valence-corrected chi connectivity index (χ0v) is 9.62. The van der Waals surface area contributed by atoms with Gasteiger partial charge >= 0.3 is 0 Å². The minimum atomic E-state index is -0.453. The van der Waals surface area contributed by atoms with Crippen molar-refractivity contribution >= 4 is 5.91 Å². The highest BCUT2D eigenvalue weighted by molar-refractivity contribution is 5.81. The number of hydrazine groups is 1. The first-order valence-electron chi connectivity index (χ1n) is 5.44. The number of nitrogens with zero attached hydrogens (tertiary/aromatic N) is 1. The van der Waals surface area contributed by atoms with E-state index in [9.17, 15) is 4.79 Å². The van der Waals surface area contributed by atoms with E-state index in [2.05, 4.69) is 10.3 Å². The molecule has 1 unspecified atom stereocenters. The molecule has 1 atom stereocenters. The molecule has 1 fully saturated rings. The van der Waals surface area contributed by atoms with Crippen LogP contribution in [-0.2, 0) is 4.79 Å². The summed E-state index contributed by atoms with van der Waals surface area (Å²) in [4.78, 5) is 13.7. The van der Waals surface area contributed by atoms with Gasteiger partial charge in [-0.3, -0.25) is 10.2 Å². The average Bonchev–Trinajstić information content (AvgIpc) is 2.15. The normalized spacial score (nSPS) is 23.9. The summed E-state index contributed by atoms with van der Waals surface area (Å²) in [6, 6.07) is 0.246. The van der Waals surface area contributed by atoms with Crippen molar-refractivity contribution in [3.8, 4) is 0 Å². The van der Waals surface area contributed by atoms with Crippen molar-refractivity contribution in [2.75, 3.05) is 19.6 Å². The molecule has 0 aromatic rings. The van der Waals surface area contributed by atoms with E-state index in [0.29, 0.717) is 6.54 Å². The first-order valence-corrected chi connectivity index (χ1v) is 5.44. The Morgan fingerprint density at radius 2 is 2.27 bits per heavy atom. The molecule has 1 amide bonds. The largest absolute Gasteiger partial charge is 0.327 e. The van der Waals surface area contributed by atoms with Crippen LogP contribution in [0.15, 0.2) is 0 Å². The highest BCUT2D eigenvalue weighted by Gasteiger charge is 2.30. The molecular weight excluding hydrogens is 192 g/mol. The van der Waals surface area contributed by atoms with Gasteiger partial charge in [0.25, 0.3) is 0 Å². The smallest absolute Gasteiger partial charge is 0.240 e. The van der Waals surface area contributed by atoms with Gasteiger partial charge in [-0.15, -0.1) is 0 Å². The minimum Gasteiger partial charge on any atom is -0.327 e. The Bertz CT molecular complexity index is 229. The molecule has 15 heavy (non-hydrogen) atoms. The van der Waals surface area contributed by atoms with Gasteiger partial charge in [0.1, 0.15) is 0 Å². The predicted octanol–water partition coefficient (Wildman–Crippen LogP) is -0.574. The molecule has 0 spiro atoms. The highest BCUT2D eigenvalue weighted by Crippen LogP contribution is 2.19. The van der Waals surface area contributed by atoms with Crippen LogP contribution in [0.2, 0.25) is 0 Å². The second-order valence-corrected chi connectivity index (χ2v) is 4.99. The molecule has 0 aromatic carbocycles. The van der Waals surface area contributed by atoms with Crippen LogP contribution in [0.1, 0.15) is 26.7 Å². The lowest BCUT2D eigenvalue weighted by Crippen LogP contribution is -2.51. The molecule has 0 aliphatic carbocycles. The summed E-state index contributed by atoms with van der Waals surface area (Å²) in [6.07, 6.45) is 2.20. The van der Waals surface area contributed by atoms with Crippen molar-refractivity contribution in [3.05, 3.63) is 0 Å². The van der Waals surface area contributed by atoms with Gasteiger partial charge in [-0.1, -0.05) is 0 Å². The summed E-state index contributed by atoms with van der Waals surface area (Å²) in [7, 11) is 0. The lowest BCUT2D eigenvalue weighted by atomic mass is 9.90. The fourth-order valence-electron chi connectivity index (χ4n) is 2.06. The number of piperidine rings is 1. The lowest BCUT2D eigenvalue weighted by Gasteiger charge is -2.35. The van der Waals surface area contributed by atoms with Crippen LogP contribution in [0.5, 0.6) is 0 Å². The zero-order chi connectivity index (χ0) is 11.5. The molecule has 88 valence electrons. The highest BCUT2D eigenvalue weighted by atomic mass is 16.2. The van der Waals surface area contributed by atoms with Gasteiger partial charge in [0.05, 0.1) is 5.41 Å². The maximum atomic E-state index is 11.5.